The lowest BCUT2D eigenvalue weighted by Gasteiger charge is -2.52. The molecule has 6 rings (SSSR count). The van der Waals surface area contributed by atoms with Crippen molar-refractivity contribution in [3.05, 3.63) is 35.3 Å². The van der Waals surface area contributed by atoms with Gasteiger partial charge >= 0.3 is 36.4 Å². The molecule has 3 aliphatic heterocycles. The number of halogens is 9. The zero-order valence-electron chi connectivity index (χ0n) is 28.2. The third-order valence-corrected chi connectivity index (χ3v) is 8.39. The molecule has 1 saturated carbocycles. The highest BCUT2D eigenvalue weighted by Crippen LogP contribution is 2.44. The fraction of sp³-hybridized carbons (Fsp3) is 0.567. The van der Waals surface area contributed by atoms with Crippen molar-refractivity contribution in [1.82, 2.24) is 20.2 Å². The van der Waals surface area contributed by atoms with Gasteiger partial charge in [-0.3, -0.25) is 15.0 Å². The Balaban J connectivity index is 0.000000393. The number of alkyl halides is 9. The number of aryl methyl sites for hydroxylation is 1. The van der Waals surface area contributed by atoms with Gasteiger partial charge in [0.25, 0.3) is 5.91 Å². The summed E-state index contributed by atoms with van der Waals surface area (Å²) in [6.07, 6.45) is -8.58. The molecular weight excluding hydrogens is 755 g/mol. The smallest absolute Gasteiger partial charge is 0.475 e. The fourth-order valence-corrected chi connectivity index (χ4v) is 6.12. The Morgan fingerprint density at radius 1 is 0.796 bits per heavy atom. The van der Waals surface area contributed by atoms with E-state index in [4.69, 9.17) is 51.9 Å². The van der Waals surface area contributed by atoms with E-state index in [2.05, 4.69) is 33.2 Å². The Kier molecular flexibility index (Phi) is 15.4. The standard InChI is InChI=1S/C24H34N8O.3C2HF3O2/c1-13-6-7-16-15(12-13)20(31-22(28-16)21(25)33)19-14-8-10-32(11-9-14)23(19)29-17-4-2-3-5-18(17)30-24(26)27;3*3-2(4,5)1(6)7/h6-7,12,14,17-19,23,29H,2-5,8-11H2,1H3,(H2,25,33)(H4,26,27,30);3*(H,6,7). The van der Waals surface area contributed by atoms with Crippen molar-refractivity contribution in [1.29, 1.82) is 0 Å². The van der Waals surface area contributed by atoms with Crippen LogP contribution in [0.3, 0.4) is 0 Å². The van der Waals surface area contributed by atoms with Gasteiger partial charge in [0.05, 0.1) is 23.4 Å². The zero-order valence-corrected chi connectivity index (χ0v) is 28.2. The summed E-state index contributed by atoms with van der Waals surface area (Å²) in [6.45, 7) is 4.19. The van der Waals surface area contributed by atoms with Crippen molar-refractivity contribution in [2.24, 2.45) is 28.1 Å². The number of piperidine rings is 3. The first-order valence-corrected chi connectivity index (χ1v) is 15.8. The van der Waals surface area contributed by atoms with Gasteiger partial charge in [-0.05, 0) is 63.7 Å². The van der Waals surface area contributed by atoms with Crippen LogP contribution in [0, 0.1) is 12.8 Å². The molecule has 1 aromatic heterocycles. The molecule has 15 nitrogen and oxygen atoms in total. The number of fused-ring (bicyclic) bond motifs is 4. The third-order valence-electron chi connectivity index (χ3n) is 8.39. The summed E-state index contributed by atoms with van der Waals surface area (Å²) >= 11 is 0. The maximum absolute atomic E-state index is 12.1. The first kappa shape index (κ1) is 45.2. The van der Waals surface area contributed by atoms with Crippen molar-refractivity contribution < 1.29 is 74.0 Å². The molecule has 2 aromatic rings. The molecule has 0 spiro atoms. The van der Waals surface area contributed by atoms with E-state index in [1.807, 2.05) is 12.1 Å². The van der Waals surface area contributed by atoms with Gasteiger partial charge in [0.15, 0.2) is 5.96 Å². The molecule has 302 valence electrons. The average Bonchev–Trinajstić information content (AvgIpc) is 3.05. The minimum Gasteiger partial charge on any atom is -0.475 e. The number of benzene rings is 1. The first-order chi connectivity index (χ1) is 24.7. The lowest BCUT2D eigenvalue weighted by atomic mass is 9.73. The van der Waals surface area contributed by atoms with E-state index in [-0.39, 0.29) is 36.0 Å². The quantitative estimate of drug-likeness (QED) is 0.131. The second-order valence-corrected chi connectivity index (χ2v) is 12.2. The normalized spacial score (nSPS) is 23.6. The van der Waals surface area contributed by atoms with Crippen LogP contribution in [0.15, 0.2) is 23.2 Å². The third kappa shape index (κ3) is 13.1. The van der Waals surface area contributed by atoms with Crippen LogP contribution in [0.5, 0.6) is 0 Å². The fourth-order valence-electron chi connectivity index (χ4n) is 6.12. The van der Waals surface area contributed by atoms with Crippen LogP contribution < -0.4 is 22.5 Å². The molecule has 4 unspecified atom stereocenters. The number of carbonyl (C=O) groups is 4. The van der Waals surface area contributed by atoms with Crippen LogP contribution in [-0.2, 0) is 14.4 Å². The molecule has 1 aromatic carbocycles. The van der Waals surface area contributed by atoms with Gasteiger partial charge < -0.3 is 32.5 Å². The summed E-state index contributed by atoms with van der Waals surface area (Å²) in [5, 5.41) is 26.3. The molecule has 1 amide bonds. The number of hydrogen-bond donors (Lipinski definition) is 7. The first-order valence-electron chi connectivity index (χ1n) is 15.8. The number of aliphatic imine (C=N–C) groups is 1. The van der Waals surface area contributed by atoms with Crippen molar-refractivity contribution >= 4 is 40.7 Å². The molecule has 1 aliphatic carbocycles. The molecule has 3 saturated heterocycles. The molecule has 10 N–H and O–H groups in total. The number of aliphatic carboxylic acids is 3. The monoisotopic (exact) mass is 792 g/mol. The summed E-state index contributed by atoms with van der Waals surface area (Å²) < 4.78 is 95.2. The molecule has 24 heteroatoms. The summed E-state index contributed by atoms with van der Waals surface area (Å²) in [5.74, 6) is -8.00. The van der Waals surface area contributed by atoms with Crippen LogP contribution in [0.2, 0.25) is 0 Å². The van der Waals surface area contributed by atoms with E-state index in [0.29, 0.717) is 5.92 Å². The van der Waals surface area contributed by atoms with Gasteiger partial charge in [0.2, 0.25) is 5.82 Å². The van der Waals surface area contributed by atoms with Crippen LogP contribution in [0.4, 0.5) is 39.5 Å². The summed E-state index contributed by atoms with van der Waals surface area (Å²) in [7, 11) is 0. The lowest BCUT2D eigenvalue weighted by Crippen LogP contribution is -2.63. The van der Waals surface area contributed by atoms with E-state index in [1.54, 1.807) is 0 Å². The van der Waals surface area contributed by atoms with Crippen LogP contribution >= 0.6 is 0 Å². The highest BCUT2D eigenvalue weighted by Gasteiger charge is 2.46. The highest BCUT2D eigenvalue weighted by atomic mass is 19.4. The zero-order chi connectivity index (χ0) is 41.3. The highest BCUT2D eigenvalue weighted by molar-refractivity contribution is 5.92. The Morgan fingerprint density at radius 3 is 1.72 bits per heavy atom. The number of amides is 1. The second-order valence-electron chi connectivity index (χ2n) is 12.2. The summed E-state index contributed by atoms with van der Waals surface area (Å²) in [6, 6.07) is 6.39. The minimum atomic E-state index is -5.08. The predicted molar refractivity (Wildman–Crippen MR) is 170 cm³/mol. The Labute approximate surface area is 299 Å². The van der Waals surface area contributed by atoms with E-state index in [9.17, 15) is 44.3 Å². The van der Waals surface area contributed by atoms with E-state index < -0.39 is 42.3 Å². The van der Waals surface area contributed by atoms with Crippen LogP contribution in [-0.4, -0.2) is 110 Å². The van der Waals surface area contributed by atoms with Crippen LogP contribution in [0.1, 0.15) is 66.3 Å². The molecule has 4 atom stereocenters. The van der Waals surface area contributed by atoms with Gasteiger partial charge in [-0.2, -0.15) is 39.5 Å². The SMILES string of the molecule is Cc1ccc2nc(C(N)=O)nc(C3C4CCN(CC4)C3NC3CCCCC3N=C(N)N)c2c1.O=C(O)C(F)(F)F.O=C(O)C(F)(F)F.O=C(O)C(F)(F)F. The number of carboxylic acids is 3. The number of nitrogens with zero attached hydrogens (tertiary/aromatic N) is 4. The average molecular weight is 793 g/mol. The van der Waals surface area contributed by atoms with Crippen molar-refractivity contribution in [3.8, 4) is 0 Å². The molecule has 4 aliphatic rings. The van der Waals surface area contributed by atoms with E-state index >= 15 is 0 Å². The minimum absolute atomic E-state index is 0.0802. The summed E-state index contributed by atoms with van der Waals surface area (Å²) in [5.41, 5.74) is 20.0. The molecule has 4 heterocycles. The number of aromatic nitrogens is 2. The molecule has 0 radical (unpaired) electrons. The maximum atomic E-state index is 12.1. The largest absolute Gasteiger partial charge is 0.490 e. The van der Waals surface area contributed by atoms with Gasteiger partial charge in [0, 0.05) is 17.3 Å². The number of rotatable bonds is 5. The van der Waals surface area contributed by atoms with Gasteiger partial charge in [-0.15, -0.1) is 0 Å². The molecule has 2 bridgehead atoms. The van der Waals surface area contributed by atoms with Crippen molar-refractivity contribution in [2.45, 2.75) is 88.1 Å². The van der Waals surface area contributed by atoms with Gasteiger partial charge in [0.1, 0.15) is 0 Å². The number of carboxylic acid groups (broad SMARTS) is 3. The van der Waals surface area contributed by atoms with E-state index in [0.717, 1.165) is 73.8 Å². The second kappa shape index (κ2) is 18.4. The van der Waals surface area contributed by atoms with Gasteiger partial charge in [-0.1, -0.05) is 24.5 Å². The Bertz CT molecular complexity index is 1620. The van der Waals surface area contributed by atoms with Crippen molar-refractivity contribution in [3.63, 3.8) is 0 Å². The number of carbonyl (C=O) groups excluding carboxylic acids is 1. The lowest BCUT2D eigenvalue weighted by molar-refractivity contribution is -0.193. The van der Waals surface area contributed by atoms with Crippen molar-refractivity contribution in [2.75, 3.05) is 13.1 Å². The Hall–Kier alpha value is -5.00. The number of nitrogens with one attached hydrogen (secondary N) is 1. The van der Waals surface area contributed by atoms with Gasteiger partial charge in [-0.25, -0.2) is 29.3 Å². The number of guanidine groups is 1. The molecule has 54 heavy (non-hydrogen) atoms. The number of hydrogen-bond acceptors (Lipinski definition) is 9. The van der Waals surface area contributed by atoms with Crippen LogP contribution in [0.25, 0.3) is 10.9 Å². The topological polar surface area (TPSA) is 260 Å². The maximum Gasteiger partial charge on any atom is 0.490 e. The predicted octanol–water partition coefficient (Wildman–Crippen LogP) is 3.25. The molecular formula is C30H37F9N8O7. The number of primary amides is 1. The number of nitrogens with two attached hydrogens (primary N) is 3. The van der Waals surface area contributed by atoms with E-state index in [1.165, 1.54) is 0 Å². The Morgan fingerprint density at radius 2 is 1.28 bits per heavy atom. The molecule has 4 fully saturated rings. The summed E-state index contributed by atoms with van der Waals surface area (Å²) in [4.78, 5) is 55.1.